The highest BCUT2D eigenvalue weighted by Gasteiger charge is 2.44. The number of ether oxygens (including phenoxy) is 2. The Labute approximate surface area is 136 Å². The molecule has 0 aromatic heterocycles. The van der Waals surface area contributed by atoms with Gasteiger partial charge in [-0.05, 0) is 0 Å². The normalized spacial score (nSPS) is 33.9. The van der Waals surface area contributed by atoms with Crippen molar-refractivity contribution in [2.24, 2.45) is 0 Å². The monoisotopic (exact) mass is 376 g/mol. The highest BCUT2D eigenvalue weighted by Crippen LogP contribution is 2.34. The number of ketones is 1. The van der Waals surface area contributed by atoms with Crippen LogP contribution in [-0.2, 0) is 18.8 Å². The number of carbonyl (C=O) groups excluding carboxylic acids is 1. The number of rotatable bonds is 8. The number of Topliss-reactive ketones (excluding diaryl/α,β-unsaturated/α-hetero) is 1. The Balaban J connectivity index is 2.57. The number of aliphatic hydroxyl groups is 6. The molecule has 12 nitrogen and oxygen atoms in total. The van der Waals surface area contributed by atoms with Crippen LogP contribution in [0.15, 0.2) is 0 Å². The van der Waals surface area contributed by atoms with Gasteiger partial charge in [-0.25, -0.2) is 0 Å². The molecule has 7 atom stereocenters. The Bertz CT molecular complexity index is 464. The Morgan fingerprint density at radius 3 is 2.21 bits per heavy atom. The van der Waals surface area contributed by atoms with Crippen LogP contribution in [0.3, 0.4) is 0 Å². The molecule has 0 aromatic carbocycles. The zero-order valence-corrected chi connectivity index (χ0v) is 13.2. The van der Waals surface area contributed by atoms with Crippen molar-refractivity contribution in [3.05, 3.63) is 0 Å². The Morgan fingerprint density at radius 2 is 1.71 bits per heavy atom. The minimum Gasteiger partial charge on any atom is -0.394 e. The minimum atomic E-state index is -4.71. The van der Waals surface area contributed by atoms with E-state index >= 15 is 0 Å². The molecule has 8 N–H and O–H groups in total. The number of hydrogen-bond acceptors (Lipinski definition) is 10. The van der Waals surface area contributed by atoms with E-state index < -0.39 is 75.7 Å². The second-order valence-electron chi connectivity index (χ2n) is 5.33. The van der Waals surface area contributed by atoms with E-state index in [9.17, 15) is 34.9 Å². The van der Waals surface area contributed by atoms with Crippen molar-refractivity contribution in [1.29, 1.82) is 0 Å². The van der Waals surface area contributed by atoms with Gasteiger partial charge in [-0.3, -0.25) is 9.36 Å². The summed E-state index contributed by atoms with van der Waals surface area (Å²) in [4.78, 5) is 28.6. The SMILES string of the molecule is O=C(CP(=O)(O)O)C(O)C(O)CO[C@@H]1O[C@H](CO)[C@@H](O)[C@@H](O)[C@@H]1O. The predicted octanol–water partition coefficient (Wildman–Crippen LogP) is -4.73. The van der Waals surface area contributed by atoms with Crippen molar-refractivity contribution in [2.75, 3.05) is 19.4 Å². The molecule has 0 bridgehead atoms. The Kier molecular flexibility index (Phi) is 7.84. The smallest absolute Gasteiger partial charge is 0.333 e. The molecular formula is C11H21O12P. The summed E-state index contributed by atoms with van der Waals surface area (Å²) in [5.41, 5.74) is 0. The molecule has 0 aliphatic carbocycles. The Hall–Kier alpha value is -0.500. The van der Waals surface area contributed by atoms with Gasteiger partial charge in [0.2, 0.25) is 0 Å². The van der Waals surface area contributed by atoms with E-state index in [-0.39, 0.29) is 0 Å². The molecule has 13 heteroatoms. The molecule has 0 saturated carbocycles. The van der Waals surface area contributed by atoms with E-state index in [0.717, 1.165) is 0 Å². The molecule has 1 fully saturated rings. The summed E-state index contributed by atoms with van der Waals surface area (Å²) in [6, 6.07) is 0. The van der Waals surface area contributed by atoms with Gasteiger partial charge in [-0.15, -0.1) is 0 Å². The van der Waals surface area contributed by atoms with E-state index in [2.05, 4.69) is 0 Å². The van der Waals surface area contributed by atoms with E-state index in [1.54, 1.807) is 0 Å². The average molecular weight is 376 g/mol. The lowest BCUT2D eigenvalue weighted by atomic mass is 9.99. The summed E-state index contributed by atoms with van der Waals surface area (Å²) in [7, 11) is -4.71. The molecule has 0 amide bonds. The van der Waals surface area contributed by atoms with Gasteiger partial charge in [0.25, 0.3) is 0 Å². The van der Waals surface area contributed by atoms with Crippen LogP contribution in [0.2, 0.25) is 0 Å². The zero-order valence-electron chi connectivity index (χ0n) is 12.3. The van der Waals surface area contributed by atoms with Crippen LogP contribution < -0.4 is 0 Å². The predicted molar refractivity (Wildman–Crippen MR) is 73.7 cm³/mol. The highest BCUT2D eigenvalue weighted by atomic mass is 31.2. The van der Waals surface area contributed by atoms with Crippen molar-refractivity contribution < 1.29 is 59.3 Å². The molecule has 2 unspecified atom stereocenters. The minimum absolute atomic E-state index is 0.698. The first kappa shape index (κ1) is 21.5. The zero-order chi connectivity index (χ0) is 18.7. The van der Waals surface area contributed by atoms with Gasteiger partial charge in [0.15, 0.2) is 12.1 Å². The molecule has 1 aliphatic rings. The van der Waals surface area contributed by atoms with Crippen LogP contribution in [0, 0.1) is 0 Å². The average Bonchev–Trinajstić information content (AvgIpc) is 2.49. The highest BCUT2D eigenvalue weighted by molar-refractivity contribution is 7.52. The van der Waals surface area contributed by atoms with Gasteiger partial charge in [-0.2, -0.15) is 0 Å². The van der Waals surface area contributed by atoms with Crippen LogP contribution >= 0.6 is 7.60 Å². The van der Waals surface area contributed by atoms with Gasteiger partial charge in [0, 0.05) is 0 Å². The molecule has 1 heterocycles. The van der Waals surface area contributed by atoms with Crippen molar-refractivity contribution in [1.82, 2.24) is 0 Å². The van der Waals surface area contributed by atoms with E-state index in [0.29, 0.717) is 0 Å². The summed E-state index contributed by atoms with van der Waals surface area (Å²) in [6.07, 6.45) is -13.2. The molecule has 24 heavy (non-hydrogen) atoms. The topological polar surface area (TPSA) is 214 Å². The Morgan fingerprint density at radius 1 is 1.12 bits per heavy atom. The number of carbonyl (C=O) groups is 1. The van der Waals surface area contributed by atoms with Crippen LogP contribution in [-0.4, -0.2) is 108 Å². The molecule has 0 spiro atoms. The first-order chi connectivity index (χ1) is 11.0. The van der Waals surface area contributed by atoms with Gasteiger partial charge in [-0.1, -0.05) is 0 Å². The lowest BCUT2D eigenvalue weighted by molar-refractivity contribution is -0.305. The molecular weight excluding hydrogens is 355 g/mol. The number of aliphatic hydroxyl groups excluding tert-OH is 6. The lowest BCUT2D eigenvalue weighted by Crippen LogP contribution is -2.59. The molecule has 1 rings (SSSR count). The largest absolute Gasteiger partial charge is 0.394 e. The fourth-order valence-electron chi connectivity index (χ4n) is 2.00. The van der Waals surface area contributed by atoms with Crippen molar-refractivity contribution in [2.45, 2.75) is 42.9 Å². The van der Waals surface area contributed by atoms with E-state index in [4.69, 9.17) is 24.4 Å². The molecule has 1 aliphatic heterocycles. The van der Waals surface area contributed by atoms with Crippen molar-refractivity contribution in [3.63, 3.8) is 0 Å². The van der Waals surface area contributed by atoms with Crippen LogP contribution in [0.1, 0.15) is 0 Å². The summed E-state index contributed by atoms with van der Waals surface area (Å²) in [6.45, 7) is -1.49. The standard InChI is InChI=1S/C11H21O12P/c12-1-6-8(16)9(17)10(18)11(23-6)22-2-4(13)7(15)5(14)3-24(19,20)21/h4,6-13,15-18H,1-3H2,(H2,19,20,21)/t4?,6-,7?,8-,9-,10+,11-/m1/s1. The summed E-state index contributed by atoms with van der Waals surface area (Å²) < 4.78 is 20.5. The molecule has 142 valence electrons. The fraction of sp³-hybridized carbons (Fsp3) is 0.909. The summed E-state index contributed by atoms with van der Waals surface area (Å²) in [5.74, 6) is -1.31. The number of hydrogen-bond donors (Lipinski definition) is 8. The fourth-order valence-corrected chi connectivity index (χ4v) is 2.59. The maximum atomic E-state index is 11.4. The van der Waals surface area contributed by atoms with Gasteiger partial charge < -0.3 is 49.9 Å². The summed E-state index contributed by atoms with van der Waals surface area (Å²) >= 11 is 0. The first-order valence-electron chi connectivity index (χ1n) is 6.83. The first-order valence-corrected chi connectivity index (χ1v) is 8.63. The van der Waals surface area contributed by atoms with Gasteiger partial charge in [0.1, 0.15) is 42.8 Å². The van der Waals surface area contributed by atoms with Crippen molar-refractivity contribution in [3.8, 4) is 0 Å². The summed E-state index contributed by atoms with van der Waals surface area (Å²) in [5, 5.41) is 56.8. The maximum Gasteiger partial charge on any atom is 0.333 e. The van der Waals surface area contributed by atoms with Crippen LogP contribution in [0.5, 0.6) is 0 Å². The van der Waals surface area contributed by atoms with Gasteiger partial charge in [0.05, 0.1) is 13.2 Å². The van der Waals surface area contributed by atoms with Gasteiger partial charge >= 0.3 is 7.60 Å². The second-order valence-corrected chi connectivity index (χ2v) is 6.98. The van der Waals surface area contributed by atoms with E-state index in [1.807, 2.05) is 0 Å². The third-order valence-corrected chi connectivity index (χ3v) is 4.06. The van der Waals surface area contributed by atoms with E-state index in [1.165, 1.54) is 0 Å². The maximum absolute atomic E-state index is 11.4. The third-order valence-electron chi connectivity index (χ3n) is 3.34. The van der Waals surface area contributed by atoms with Crippen LogP contribution in [0.25, 0.3) is 0 Å². The molecule has 1 saturated heterocycles. The molecule has 0 aromatic rings. The molecule has 0 radical (unpaired) electrons. The quantitative estimate of drug-likeness (QED) is 0.187. The lowest BCUT2D eigenvalue weighted by Gasteiger charge is -2.39. The third kappa shape index (κ3) is 5.79. The van der Waals surface area contributed by atoms with Crippen molar-refractivity contribution >= 4 is 13.4 Å². The van der Waals surface area contributed by atoms with Crippen LogP contribution in [0.4, 0.5) is 0 Å². The second kappa shape index (κ2) is 8.74.